The fourth-order valence-corrected chi connectivity index (χ4v) is 6.64. The van der Waals surface area contributed by atoms with Crippen molar-refractivity contribution in [3.05, 3.63) is 40.4 Å². The number of aryl methyl sites for hydroxylation is 1. The molecule has 0 spiro atoms. The standard InChI is InChI=1S/C19H28N2O2Se2/c1-6-20(7-2)18(22)24-14-17(16-12-10-15(5)11-13-16)25-19(23)21(8-3)9-4/h10-14H,6-9H2,1-5H3/b17-14+. The van der Waals surface area contributed by atoms with E-state index in [1.165, 1.54) is 5.56 Å². The molecule has 0 bridgehead atoms. The van der Waals surface area contributed by atoms with Crippen LogP contribution in [0.25, 0.3) is 4.47 Å². The van der Waals surface area contributed by atoms with Gasteiger partial charge in [0.1, 0.15) is 0 Å². The predicted octanol–water partition coefficient (Wildman–Crippen LogP) is 3.63. The normalized spacial score (nSPS) is 11.3. The Morgan fingerprint density at radius 1 is 0.880 bits per heavy atom. The van der Waals surface area contributed by atoms with Crippen LogP contribution in [0.5, 0.6) is 0 Å². The van der Waals surface area contributed by atoms with Gasteiger partial charge in [-0.25, -0.2) is 0 Å². The van der Waals surface area contributed by atoms with Gasteiger partial charge in [0.2, 0.25) is 0 Å². The zero-order valence-electron chi connectivity index (χ0n) is 15.7. The number of benzene rings is 1. The number of rotatable bonds is 9. The molecule has 25 heavy (non-hydrogen) atoms. The molecule has 0 N–H and O–H groups in total. The van der Waals surface area contributed by atoms with E-state index in [4.69, 9.17) is 0 Å². The number of hydrogen-bond donors (Lipinski definition) is 0. The maximum absolute atomic E-state index is 12.6. The summed E-state index contributed by atoms with van der Waals surface area (Å²) in [5, 5.41) is 0. The third kappa shape index (κ3) is 6.99. The molecule has 0 aliphatic rings. The van der Waals surface area contributed by atoms with Crippen LogP contribution >= 0.6 is 0 Å². The Labute approximate surface area is 164 Å². The van der Waals surface area contributed by atoms with E-state index in [1.54, 1.807) is 0 Å². The minimum atomic E-state index is -0.313. The molecule has 1 aromatic rings. The van der Waals surface area contributed by atoms with E-state index in [0.29, 0.717) is 0 Å². The zero-order chi connectivity index (χ0) is 18.8. The van der Waals surface area contributed by atoms with Crippen molar-refractivity contribution in [1.29, 1.82) is 0 Å². The van der Waals surface area contributed by atoms with Gasteiger partial charge in [-0.3, -0.25) is 0 Å². The first-order valence-electron chi connectivity index (χ1n) is 8.66. The Morgan fingerprint density at radius 2 is 1.36 bits per heavy atom. The summed E-state index contributed by atoms with van der Waals surface area (Å²) in [5.41, 5.74) is 2.25. The molecule has 4 nitrogen and oxygen atoms in total. The fraction of sp³-hybridized carbons (Fsp3) is 0.474. The van der Waals surface area contributed by atoms with Crippen molar-refractivity contribution in [3.63, 3.8) is 0 Å². The summed E-state index contributed by atoms with van der Waals surface area (Å²) in [7, 11) is 0. The van der Waals surface area contributed by atoms with Gasteiger partial charge in [0.15, 0.2) is 0 Å². The number of amides is 2. The second kappa shape index (κ2) is 11.5. The molecule has 0 heterocycles. The fourth-order valence-electron chi connectivity index (χ4n) is 2.17. The molecule has 0 atom stereocenters. The summed E-state index contributed by atoms with van der Waals surface area (Å²) in [6, 6.07) is 8.22. The van der Waals surface area contributed by atoms with E-state index < -0.39 is 0 Å². The third-order valence-corrected chi connectivity index (χ3v) is 8.42. The van der Waals surface area contributed by atoms with E-state index in [2.05, 4.69) is 24.3 Å². The molecule has 6 heteroatoms. The molecular formula is C19H28N2O2Se2. The Hall–Kier alpha value is -1.06. The maximum atomic E-state index is 12.6. The Morgan fingerprint density at radius 3 is 1.84 bits per heavy atom. The molecule has 0 saturated carbocycles. The molecule has 2 amide bonds. The van der Waals surface area contributed by atoms with Crippen molar-refractivity contribution >= 4 is 44.0 Å². The summed E-state index contributed by atoms with van der Waals surface area (Å²) in [4.78, 5) is 31.0. The molecular weight excluding hydrogens is 446 g/mol. The number of carbonyl (C=O) groups is 2. The molecule has 0 unspecified atom stereocenters. The van der Waals surface area contributed by atoms with Gasteiger partial charge in [0.25, 0.3) is 0 Å². The van der Waals surface area contributed by atoms with Gasteiger partial charge in [-0.2, -0.15) is 0 Å². The van der Waals surface area contributed by atoms with Crippen LogP contribution in [-0.4, -0.2) is 75.5 Å². The quantitative estimate of drug-likeness (QED) is 0.513. The van der Waals surface area contributed by atoms with Crippen molar-refractivity contribution in [2.24, 2.45) is 0 Å². The van der Waals surface area contributed by atoms with Crippen molar-refractivity contribution in [2.45, 2.75) is 34.6 Å². The van der Waals surface area contributed by atoms with E-state index in [1.807, 2.05) is 49.4 Å². The van der Waals surface area contributed by atoms with Crippen molar-refractivity contribution in [2.75, 3.05) is 26.2 Å². The van der Waals surface area contributed by atoms with Crippen LogP contribution in [0.15, 0.2) is 29.2 Å². The van der Waals surface area contributed by atoms with Crippen molar-refractivity contribution < 1.29 is 9.59 Å². The van der Waals surface area contributed by atoms with Gasteiger partial charge in [0, 0.05) is 0 Å². The monoisotopic (exact) mass is 476 g/mol. The van der Waals surface area contributed by atoms with Crippen LogP contribution < -0.4 is 0 Å². The molecule has 0 aromatic heterocycles. The average Bonchev–Trinajstić information content (AvgIpc) is 2.61. The Kier molecular flexibility index (Phi) is 10.1. The first kappa shape index (κ1) is 22.0. The van der Waals surface area contributed by atoms with Gasteiger partial charge >= 0.3 is 165 Å². The Bertz CT molecular complexity index is 592. The summed E-state index contributed by atoms with van der Waals surface area (Å²) in [6.07, 6.45) is 0. The van der Waals surface area contributed by atoms with Crippen LogP contribution in [0.3, 0.4) is 0 Å². The Balaban J connectivity index is 3.02. The van der Waals surface area contributed by atoms with Gasteiger partial charge in [-0.1, -0.05) is 0 Å². The molecule has 0 radical (unpaired) electrons. The number of nitrogens with zero attached hydrogens (tertiary/aromatic N) is 2. The molecule has 0 aliphatic carbocycles. The molecule has 1 aromatic carbocycles. The van der Waals surface area contributed by atoms with Crippen molar-refractivity contribution in [1.82, 2.24) is 9.80 Å². The van der Waals surface area contributed by atoms with E-state index in [0.717, 1.165) is 36.2 Å². The van der Waals surface area contributed by atoms with Crippen LogP contribution in [-0.2, 0) is 0 Å². The van der Waals surface area contributed by atoms with Gasteiger partial charge in [0.05, 0.1) is 0 Å². The molecule has 138 valence electrons. The SMILES string of the molecule is CCN(CC)C(=O)[Se]/C=C(/[Se]C(=O)N(CC)CC)c1ccc(C)cc1. The molecule has 0 saturated heterocycles. The van der Waals surface area contributed by atoms with Gasteiger partial charge in [-0.15, -0.1) is 0 Å². The number of carbonyl (C=O) groups excluding carboxylic acids is 2. The van der Waals surface area contributed by atoms with E-state index in [9.17, 15) is 9.59 Å². The third-order valence-electron chi connectivity index (χ3n) is 3.84. The topological polar surface area (TPSA) is 40.6 Å². The molecule has 0 aliphatic heterocycles. The van der Waals surface area contributed by atoms with Crippen LogP contribution in [0.2, 0.25) is 0 Å². The molecule has 0 fully saturated rings. The van der Waals surface area contributed by atoms with Crippen molar-refractivity contribution in [3.8, 4) is 0 Å². The van der Waals surface area contributed by atoms with Crippen LogP contribution in [0.4, 0.5) is 9.59 Å². The average molecular weight is 474 g/mol. The second-order valence-corrected chi connectivity index (χ2v) is 9.25. The minimum absolute atomic E-state index is 0.174. The summed E-state index contributed by atoms with van der Waals surface area (Å²) in [5.74, 6) is 0. The first-order chi connectivity index (χ1) is 12.0. The van der Waals surface area contributed by atoms with Gasteiger partial charge < -0.3 is 0 Å². The predicted molar refractivity (Wildman–Crippen MR) is 107 cm³/mol. The van der Waals surface area contributed by atoms with E-state index >= 15 is 0 Å². The van der Waals surface area contributed by atoms with E-state index in [-0.39, 0.29) is 39.5 Å². The van der Waals surface area contributed by atoms with Crippen LogP contribution in [0, 0.1) is 6.92 Å². The zero-order valence-corrected chi connectivity index (χ0v) is 19.2. The second-order valence-electron chi connectivity index (χ2n) is 5.44. The summed E-state index contributed by atoms with van der Waals surface area (Å²) >= 11 is -0.593. The van der Waals surface area contributed by atoms with Crippen LogP contribution in [0.1, 0.15) is 38.8 Å². The molecule has 1 rings (SSSR count). The summed E-state index contributed by atoms with van der Waals surface area (Å²) in [6.45, 7) is 13.0. The summed E-state index contributed by atoms with van der Waals surface area (Å²) < 4.78 is 1.02. The first-order valence-corrected chi connectivity index (χ1v) is 12.2. The van der Waals surface area contributed by atoms with Gasteiger partial charge in [-0.05, 0) is 0 Å². The number of hydrogen-bond acceptors (Lipinski definition) is 2.